The van der Waals surface area contributed by atoms with Gasteiger partial charge >= 0.3 is 0 Å². The largest absolute Gasteiger partial charge is 0.474 e. The molecular formula is C17H21N5O2. The lowest BCUT2D eigenvalue weighted by Crippen LogP contribution is -2.07. The number of fused-ring (bicyclic) bond motifs is 1. The fourth-order valence-electron chi connectivity index (χ4n) is 2.36. The number of anilines is 2. The number of hydrogen-bond donors (Lipinski definition) is 2. The van der Waals surface area contributed by atoms with Crippen molar-refractivity contribution in [3.8, 4) is 5.88 Å². The molecule has 0 amide bonds. The summed E-state index contributed by atoms with van der Waals surface area (Å²) in [6.07, 6.45) is 3.89. The van der Waals surface area contributed by atoms with Crippen LogP contribution in [0.25, 0.3) is 11.2 Å². The molecule has 2 aromatic heterocycles. The Morgan fingerprint density at radius 1 is 1.21 bits per heavy atom. The molecule has 0 fully saturated rings. The molecule has 126 valence electrons. The van der Waals surface area contributed by atoms with Crippen molar-refractivity contribution in [2.24, 2.45) is 0 Å². The summed E-state index contributed by atoms with van der Waals surface area (Å²) >= 11 is 0. The Morgan fingerprint density at radius 2 is 2.04 bits per heavy atom. The Bertz CT molecular complexity index is 788. The van der Waals surface area contributed by atoms with Crippen LogP contribution in [0, 0.1) is 0 Å². The second-order valence-electron chi connectivity index (χ2n) is 5.38. The number of benzene rings is 1. The molecule has 0 atom stereocenters. The molecule has 0 aliphatic rings. The SMILES string of the molecule is CCCCn1cnc2c(OCCO)nc(Nc3ccccc3)nc21. The van der Waals surface area contributed by atoms with Crippen LogP contribution in [0.15, 0.2) is 36.7 Å². The zero-order valence-corrected chi connectivity index (χ0v) is 13.6. The van der Waals surface area contributed by atoms with E-state index in [0.717, 1.165) is 30.7 Å². The van der Waals surface area contributed by atoms with Crippen LogP contribution in [0.2, 0.25) is 0 Å². The minimum Gasteiger partial charge on any atom is -0.474 e. The molecule has 0 unspecified atom stereocenters. The van der Waals surface area contributed by atoms with Crippen molar-refractivity contribution >= 4 is 22.8 Å². The van der Waals surface area contributed by atoms with Gasteiger partial charge in [0.1, 0.15) is 6.61 Å². The van der Waals surface area contributed by atoms with E-state index in [-0.39, 0.29) is 13.2 Å². The predicted octanol–water partition coefficient (Wildman–Crippen LogP) is 2.74. The van der Waals surface area contributed by atoms with E-state index in [1.165, 1.54) is 0 Å². The highest BCUT2D eigenvalue weighted by Gasteiger charge is 2.14. The molecule has 0 saturated carbocycles. The zero-order chi connectivity index (χ0) is 16.8. The van der Waals surface area contributed by atoms with Crippen LogP contribution >= 0.6 is 0 Å². The quantitative estimate of drug-likeness (QED) is 0.662. The van der Waals surface area contributed by atoms with Crippen LogP contribution in [0.1, 0.15) is 19.8 Å². The summed E-state index contributed by atoms with van der Waals surface area (Å²) in [5, 5.41) is 12.2. The highest BCUT2D eigenvalue weighted by atomic mass is 16.5. The molecule has 0 radical (unpaired) electrons. The minimum atomic E-state index is -0.0799. The number of aliphatic hydroxyl groups is 1. The van der Waals surface area contributed by atoms with Gasteiger partial charge in [-0.25, -0.2) is 4.98 Å². The van der Waals surface area contributed by atoms with E-state index >= 15 is 0 Å². The van der Waals surface area contributed by atoms with Crippen molar-refractivity contribution < 1.29 is 9.84 Å². The van der Waals surface area contributed by atoms with Crippen molar-refractivity contribution in [1.82, 2.24) is 19.5 Å². The van der Waals surface area contributed by atoms with E-state index in [1.807, 2.05) is 34.9 Å². The first-order valence-corrected chi connectivity index (χ1v) is 8.10. The van der Waals surface area contributed by atoms with Crippen LogP contribution in [0.4, 0.5) is 11.6 Å². The van der Waals surface area contributed by atoms with Crippen molar-refractivity contribution in [2.75, 3.05) is 18.5 Å². The molecule has 24 heavy (non-hydrogen) atoms. The van der Waals surface area contributed by atoms with Gasteiger partial charge in [0.25, 0.3) is 0 Å². The van der Waals surface area contributed by atoms with E-state index in [9.17, 15) is 0 Å². The van der Waals surface area contributed by atoms with Crippen molar-refractivity contribution in [1.29, 1.82) is 0 Å². The van der Waals surface area contributed by atoms with E-state index in [2.05, 4.69) is 27.2 Å². The highest BCUT2D eigenvalue weighted by Crippen LogP contribution is 2.24. The minimum absolute atomic E-state index is 0.0799. The lowest BCUT2D eigenvalue weighted by molar-refractivity contribution is 0.198. The lowest BCUT2D eigenvalue weighted by Gasteiger charge is -2.09. The Morgan fingerprint density at radius 3 is 2.79 bits per heavy atom. The third-order valence-corrected chi connectivity index (χ3v) is 3.54. The molecule has 0 bridgehead atoms. The summed E-state index contributed by atoms with van der Waals surface area (Å²) in [5.41, 5.74) is 2.23. The van der Waals surface area contributed by atoms with Crippen molar-refractivity contribution in [2.45, 2.75) is 26.3 Å². The number of nitrogens with one attached hydrogen (secondary N) is 1. The summed E-state index contributed by atoms with van der Waals surface area (Å²) in [6, 6.07) is 9.71. The number of para-hydroxylation sites is 1. The molecule has 7 heteroatoms. The maximum Gasteiger partial charge on any atom is 0.247 e. The average Bonchev–Trinajstić information content (AvgIpc) is 3.02. The lowest BCUT2D eigenvalue weighted by atomic mass is 10.3. The number of unbranched alkanes of at least 4 members (excludes halogenated alkanes) is 1. The molecule has 3 aromatic rings. The maximum atomic E-state index is 9.02. The van der Waals surface area contributed by atoms with E-state index < -0.39 is 0 Å². The van der Waals surface area contributed by atoms with Gasteiger partial charge in [-0.15, -0.1) is 0 Å². The molecule has 0 aliphatic heterocycles. The predicted molar refractivity (Wildman–Crippen MR) is 92.5 cm³/mol. The van der Waals surface area contributed by atoms with Crippen LogP contribution in [-0.4, -0.2) is 37.8 Å². The Labute approximate surface area is 140 Å². The van der Waals surface area contributed by atoms with Gasteiger partial charge in [-0.2, -0.15) is 9.97 Å². The van der Waals surface area contributed by atoms with Crippen LogP contribution in [0.3, 0.4) is 0 Å². The first-order valence-electron chi connectivity index (χ1n) is 8.10. The second-order valence-corrected chi connectivity index (χ2v) is 5.38. The van der Waals surface area contributed by atoms with E-state index in [4.69, 9.17) is 9.84 Å². The van der Waals surface area contributed by atoms with Gasteiger partial charge in [0.05, 0.1) is 12.9 Å². The van der Waals surface area contributed by atoms with Gasteiger partial charge in [0.2, 0.25) is 11.8 Å². The topological polar surface area (TPSA) is 85.1 Å². The number of nitrogens with zero attached hydrogens (tertiary/aromatic N) is 4. The molecule has 1 aromatic carbocycles. The fraction of sp³-hybridized carbons (Fsp3) is 0.353. The van der Waals surface area contributed by atoms with E-state index in [1.54, 1.807) is 6.33 Å². The summed E-state index contributed by atoms with van der Waals surface area (Å²) in [7, 11) is 0. The number of ether oxygens (including phenoxy) is 1. The summed E-state index contributed by atoms with van der Waals surface area (Å²) < 4.78 is 7.55. The Kier molecular flexibility index (Phi) is 5.22. The van der Waals surface area contributed by atoms with Gasteiger partial charge in [0, 0.05) is 12.2 Å². The molecule has 0 spiro atoms. The number of aromatic nitrogens is 4. The van der Waals surface area contributed by atoms with Gasteiger partial charge in [-0.3, -0.25) is 0 Å². The second kappa shape index (κ2) is 7.74. The molecule has 3 rings (SSSR count). The monoisotopic (exact) mass is 327 g/mol. The first-order chi connectivity index (χ1) is 11.8. The van der Waals surface area contributed by atoms with Crippen molar-refractivity contribution in [3.05, 3.63) is 36.7 Å². The van der Waals surface area contributed by atoms with Gasteiger partial charge in [0.15, 0.2) is 11.2 Å². The molecule has 0 aliphatic carbocycles. The van der Waals surface area contributed by atoms with Gasteiger partial charge in [-0.1, -0.05) is 31.5 Å². The highest BCUT2D eigenvalue weighted by molar-refractivity contribution is 5.78. The van der Waals surface area contributed by atoms with Gasteiger partial charge in [-0.05, 0) is 18.6 Å². The van der Waals surface area contributed by atoms with Crippen molar-refractivity contribution in [3.63, 3.8) is 0 Å². The Balaban J connectivity index is 1.98. The van der Waals surface area contributed by atoms with Crippen LogP contribution in [-0.2, 0) is 6.54 Å². The zero-order valence-electron chi connectivity index (χ0n) is 13.6. The van der Waals surface area contributed by atoms with E-state index in [0.29, 0.717) is 17.3 Å². The molecule has 2 heterocycles. The number of rotatable bonds is 8. The standard InChI is InChI=1S/C17H21N5O2/c1-2-3-9-22-12-18-14-15(22)20-17(21-16(14)24-11-10-23)19-13-7-5-4-6-8-13/h4-8,12,23H,2-3,9-11H2,1H3,(H,19,20,21). The maximum absolute atomic E-state index is 9.02. The third-order valence-electron chi connectivity index (χ3n) is 3.54. The number of imidazole rings is 1. The molecule has 7 nitrogen and oxygen atoms in total. The first kappa shape index (κ1) is 16.2. The molecular weight excluding hydrogens is 306 g/mol. The number of aryl methyl sites for hydroxylation is 1. The average molecular weight is 327 g/mol. The fourth-order valence-corrected chi connectivity index (χ4v) is 2.36. The number of hydrogen-bond acceptors (Lipinski definition) is 6. The summed E-state index contributed by atoms with van der Waals surface area (Å²) in [6.45, 7) is 3.07. The smallest absolute Gasteiger partial charge is 0.247 e. The molecule has 0 saturated heterocycles. The normalized spacial score (nSPS) is 10.9. The summed E-state index contributed by atoms with van der Waals surface area (Å²) in [5.74, 6) is 0.822. The molecule has 2 N–H and O–H groups in total. The van der Waals surface area contributed by atoms with Crippen LogP contribution < -0.4 is 10.1 Å². The Hall–Kier alpha value is -2.67. The summed E-state index contributed by atoms with van der Waals surface area (Å²) in [4.78, 5) is 13.4. The van der Waals surface area contributed by atoms with Crippen LogP contribution in [0.5, 0.6) is 5.88 Å². The third kappa shape index (κ3) is 3.62. The van der Waals surface area contributed by atoms with Gasteiger partial charge < -0.3 is 19.7 Å². The number of aliphatic hydroxyl groups excluding tert-OH is 1.